The molecule has 0 aliphatic rings. The highest BCUT2D eigenvalue weighted by molar-refractivity contribution is 9.10. The maximum Gasteiger partial charge on any atom is 0.138 e. The van der Waals surface area contributed by atoms with Crippen LogP contribution in [-0.4, -0.2) is 26.3 Å². The topological polar surface area (TPSA) is 52.8 Å². The lowest BCUT2D eigenvalue weighted by atomic mass is 10.3. The smallest absolute Gasteiger partial charge is 0.138 e. The van der Waals surface area contributed by atoms with Gasteiger partial charge in [0.25, 0.3) is 0 Å². The molecule has 2 rings (SSSR count). The Hall–Kier alpha value is -1.43. The van der Waals surface area contributed by atoms with Gasteiger partial charge in [0, 0.05) is 4.47 Å². The summed E-state index contributed by atoms with van der Waals surface area (Å²) in [6.45, 7) is 2.60. The predicted molar refractivity (Wildman–Crippen MR) is 62.0 cm³/mol. The van der Waals surface area contributed by atoms with Crippen LogP contribution in [0.1, 0.15) is 6.92 Å². The molecule has 0 spiro atoms. The van der Waals surface area contributed by atoms with E-state index in [1.165, 1.54) is 0 Å². The van der Waals surface area contributed by atoms with Crippen molar-refractivity contribution in [2.24, 2.45) is 0 Å². The maximum absolute atomic E-state index is 5.72. The van der Waals surface area contributed by atoms with Gasteiger partial charge >= 0.3 is 0 Å². The molecular formula is C10H11BrN4O. The monoisotopic (exact) mass is 282 g/mol. The Morgan fingerprint density at radius 3 is 3.06 bits per heavy atom. The van der Waals surface area contributed by atoms with Crippen LogP contribution >= 0.6 is 15.9 Å². The van der Waals surface area contributed by atoms with Crippen LogP contribution < -0.4 is 4.74 Å². The minimum absolute atomic E-state index is 0.0119. The van der Waals surface area contributed by atoms with Crippen LogP contribution in [-0.2, 0) is 6.54 Å². The van der Waals surface area contributed by atoms with Crippen molar-refractivity contribution in [3.8, 4) is 5.75 Å². The van der Waals surface area contributed by atoms with E-state index in [0.29, 0.717) is 6.54 Å². The molecule has 16 heavy (non-hydrogen) atoms. The van der Waals surface area contributed by atoms with Crippen LogP contribution in [0.25, 0.3) is 0 Å². The average molecular weight is 283 g/mol. The standard InChI is InChI=1S/C10H11BrN4O/c1-8(6-15-7-12-13-14-15)16-10-4-2-3-9(11)5-10/h2-5,7-8H,6H2,1H3/t8-/m0/s1. The second kappa shape index (κ2) is 5.07. The molecule has 0 saturated heterocycles. The molecule has 2 aromatic rings. The van der Waals surface area contributed by atoms with Crippen molar-refractivity contribution in [1.82, 2.24) is 20.2 Å². The van der Waals surface area contributed by atoms with Gasteiger partial charge in [0.15, 0.2) is 0 Å². The fourth-order valence-electron chi connectivity index (χ4n) is 1.34. The van der Waals surface area contributed by atoms with Crippen LogP contribution in [0.3, 0.4) is 0 Å². The molecule has 0 saturated carbocycles. The summed E-state index contributed by atoms with van der Waals surface area (Å²) in [6.07, 6.45) is 1.58. The molecule has 1 atom stereocenters. The Kier molecular flexibility index (Phi) is 3.51. The number of ether oxygens (including phenoxy) is 1. The first-order chi connectivity index (χ1) is 7.74. The van der Waals surface area contributed by atoms with Gasteiger partial charge in [-0.1, -0.05) is 22.0 Å². The van der Waals surface area contributed by atoms with E-state index in [1.807, 2.05) is 31.2 Å². The van der Waals surface area contributed by atoms with Crippen molar-refractivity contribution in [1.29, 1.82) is 0 Å². The number of benzene rings is 1. The molecule has 0 bridgehead atoms. The summed E-state index contributed by atoms with van der Waals surface area (Å²) in [5.74, 6) is 0.829. The summed E-state index contributed by atoms with van der Waals surface area (Å²) in [7, 11) is 0. The van der Waals surface area contributed by atoms with Crippen molar-refractivity contribution in [3.05, 3.63) is 35.1 Å². The third-order valence-corrected chi connectivity index (χ3v) is 2.46. The van der Waals surface area contributed by atoms with Gasteiger partial charge < -0.3 is 4.74 Å². The quantitative estimate of drug-likeness (QED) is 0.860. The highest BCUT2D eigenvalue weighted by atomic mass is 79.9. The molecule has 0 amide bonds. The third-order valence-electron chi connectivity index (χ3n) is 1.97. The number of rotatable bonds is 4. The van der Waals surface area contributed by atoms with Crippen molar-refractivity contribution in [3.63, 3.8) is 0 Å². The van der Waals surface area contributed by atoms with E-state index in [4.69, 9.17) is 4.74 Å². The molecule has 0 radical (unpaired) electrons. The summed E-state index contributed by atoms with van der Waals surface area (Å²) >= 11 is 3.40. The average Bonchev–Trinajstić information content (AvgIpc) is 2.70. The van der Waals surface area contributed by atoms with Gasteiger partial charge in [-0.05, 0) is 35.5 Å². The summed E-state index contributed by atoms with van der Waals surface area (Å²) < 4.78 is 8.36. The van der Waals surface area contributed by atoms with Gasteiger partial charge in [0.05, 0.1) is 6.54 Å². The summed E-state index contributed by atoms with van der Waals surface area (Å²) in [5, 5.41) is 10.9. The van der Waals surface area contributed by atoms with Crippen molar-refractivity contribution in [2.45, 2.75) is 19.6 Å². The largest absolute Gasteiger partial charge is 0.489 e. The lowest BCUT2D eigenvalue weighted by Gasteiger charge is -2.14. The third kappa shape index (κ3) is 3.03. The maximum atomic E-state index is 5.72. The van der Waals surface area contributed by atoms with Crippen molar-refractivity contribution < 1.29 is 4.74 Å². The SMILES string of the molecule is C[C@@H](Cn1cnnn1)Oc1cccc(Br)c1. The summed E-state index contributed by atoms with van der Waals surface area (Å²) in [4.78, 5) is 0. The zero-order chi connectivity index (χ0) is 11.4. The lowest BCUT2D eigenvalue weighted by molar-refractivity contribution is 0.193. The molecule has 84 valence electrons. The number of halogens is 1. The van der Waals surface area contributed by atoms with E-state index in [2.05, 4.69) is 31.5 Å². The number of aromatic nitrogens is 4. The van der Waals surface area contributed by atoms with Crippen LogP contribution in [0.2, 0.25) is 0 Å². The Balaban J connectivity index is 1.94. The number of tetrazole rings is 1. The van der Waals surface area contributed by atoms with Crippen molar-refractivity contribution in [2.75, 3.05) is 0 Å². The molecule has 5 nitrogen and oxygen atoms in total. The van der Waals surface area contributed by atoms with Crippen LogP contribution in [0.5, 0.6) is 5.75 Å². The Bertz CT molecular complexity index is 446. The first kappa shape index (κ1) is 11.1. The van der Waals surface area contributed by atoms with E-state index >= 15 is 0 Å². The molecular weight excluding hydrogens is 272 g/mol. The minimum Gasteiger partial charge on any atom is -0.489 e. The molecule has 0 fully saturated rings. The Morgan fingerprint density at radius 1 is 1.50 bits per heavy atom. The highest BCUT2D eigenvalue weighted by Crippen LogP contribution is 2.18. The van der Waals surface area contributed by atoms with Crippen molar-refractivity contribution >= 4 is 15.9 Å². The molecule has 0 N–H and O–H groups in total. The number of nitrogens with zero attached hydrogens (tertiary/aromatic N) is 4. The van der Waals surface area contributed by atoms with Crippen LogP contribution in [0.4, 0.5) is 0 Å². The van der Waals surface area contributed by atoms with Gasteiger partial charge in [-0.25, -0.2) is 4.68 Å². The molecule has 6 heteroatoms. The highest BCUT2D eigenvalue weighted by Gasteiger charge is 2.06. The number of hydrogen-bond donors (Lipinski definition) is 0. The van der Waals surface area contributed by atoms with Gasteiger partial charge in [-0.3, -0.25) is 0 Å². The zero-order valence-electron chi connectivity index (χ0n) is 8.75. The van der Waals surface area contributed by atoms with E-state index in [9.17, 15) is 0 Å². The van der Waals surface area contributed by atoms with Gasteiger partial charge in [0.1, 0.15) is 18.2 Å². The fourth-order valence-corrected chi connectivity index (χ4v) is 1.72. The first-order valence-corrected chi connectivity index (χ1v) is 5.66. The molecule has 0 aliphatic heterocycles. The normalized spacial score (nSPS) is 12.4. The molecule has 1 aromatic carbocycles. The van der Waals surface area contributed by atoms with E-state index in [0.717, 1.165) is 10.2 Å². The van der Waals surface area contributed by atoms with E-state index in [-0.39, 0.29) is 6.10 Å². The first-order valence-electron chi connectivity index (χ1n) is 4.87. The molecule has 1 aromatic heterocycles. The Labute approximate surface area is 102 Å². The van der Waals surface area contributed by atoms with Crippen LogP contribution in [0.15, 0.2) is 35.1 Å². The predicted octanol–water partition coefficient (Wildman–Crippen LogP) is 1.90. The zero-order valence-corrected chi connectivity index (χ0v) is 10.3. The number of hydrogen-bond acceptors (Lipinski definition) is 4. The minimum atomic E-state index is 0.0119. The van der Waals surface area contributed by atoms with E-state index < -0.39 is 0 Å². The molecule has 0 aliphatic carbocycles. The fraction of sp³-hybridized carbons (Fsp3) is 0.300. The summed E-state index contributed by atoms with van der Waals surface area (Å²) in [6, 6.07) is 7.74. The van der Waals surface area contributed by atoms with E-state index in [1.54, 1.807) is 11.0 Å². The summed E-state index contributed by atoms with van der Waals surface area (Å²) in [5.41, 5.74) is 0. The Morgan fingerprint density at radius 2 is 2.38 bits per heavy atom. The van der Waals surface area contributed by atoms with Gasteiger partial charge in [-0.15, -0.1) is 5.10 Å². The second-order valence-corrected chi connectivity index (χ2v) is 4.33. The van der Waals surface area contributed by atoms with Gasteiger partial charge in [-0.2, -0.15) is 0 Å². The second-order valence-electron chi connectivity index (χ2n) is 3.42. The molecule has 0 unspecified atom stereocenters. The lowest BCUT2D eigenvalue weighted by Crippen LogP contribution is -2.19. The van der Waals surface area contributed by atoms with Gasteiger partial charge in [0.2, 0.25) is 0 Å². The molecule has 1 heterocycles. The van der Waals surface area contributed by atoms with Crippen LogP contribution in [0, 0.1) is 0 Å².